The Labute approximate surface area is 123 Å². The third kappa shape index (κ3) is 5.58. The summed E-state index contributed by atoms with van der Waals surface area (Å²) in [5.41, 5.74) is 0. The van der Waals surface area contributed by atoms with Gasteiger partial charge < -0.3 is 25.3 Å². The largest absolute Gasteiger partial charge is 0.481 e. The molecular weight excluding hydrogens is 278 g/mol. The molecule has 3 N–H and O–H groups in total. The Bertz CT molecular complexity index is 393. The van der Waals surface area contributed by atoms with Gasteiger partial charge in [-0.15, -0.1) is 0 Å². The summed E-state index contributed by atoms with van der Waals surface area (Å²) in [6.07, 6.45) is 1.26. The molecule has 0 aliphatic carbocycles. The lowest BCUT2D eigenvalue weighted by Gasteiger charge is -2.35. The van der Waals surface area contributed by atoms with Crippen molar-refractivity contribution in [1.29, 1.82) is 0 Å². The first-order valence-electron chi connectivity index (χ1n) is 6.97. The predicted octanol–water partition coefficient (Wildman–Crippen LogP) is 0.0400. The van der Waals surface area contributed by atoms with Gasteiger partial charge in [0.15, 0.2) is 0 Å². The van der Waals surface area contributed by atoms with Crippen LogP contribution in [0.4, 0.5) is 4.79 Å². The van der Waals surface area contributed by atoms with Gasteiger partial charge in [-0.3, -0.25) is 4.79 Å². The second-order valence-corrected chi connectivity index (χ2v) is 5.42. The van der Waals surface area contributed by atoms with Crippen LogP contribution >= 0.6 is 0 Å². The average molecular weight is 301 g/mol. The van der Waals surface area contributed by atoms with Gasteiger partial charge in [0, 0.05) is 19.5 Å². The van der Waals surface area contributed by atoms with Crippen LogP contribution in [0.25, 0.3) is 0 Å². The van der Waals surface area contributed by atoms with Gasteiger partial charge in [-0.1, -0.05) is 0 Å². The molecule has 0 bridgehead atoms. The minimum Gasteiger partial charge on any atom is -0.481 e. The first kappa shape index (κ1) is 17.2. The molecule has 8 heteroatoms. The van der Waals surface area contributed by atoms with Crippen molar-refractivity contribution in [1.82, 2.24) is 15.1 Å². The van der Waals surface area contributed by atoms with Crippen LogP contribution in [0.3, 0.4) is 0 Å². The summed E-state index contributed by atoms with van der Waals surface area (Å²) >= 11 is 0. The third-order valence-corrected chi connectivity index (χ3v) is 3.80. The van der Waals surface area contributed by atoms with E-state index in [-0.39, 0.29) is 18.9 Å². The molecule has 1 heterocycles. The number of likely N-dealkylation sites (tertiary alicyclic amines) is 1. The Hall–Kier alpha value is -1.83. The topological polar surface area (TPSA) is 110 Å². The number of nitrogens with one attached hydrogen (secondary N) is 1. The van der Waals surface area contributed by atoms with Crippen molar-refractivity contribution < 1.29 is 24.6 Å². The first-order chi connectivity index (χ1) is 9.81. The van der Waals surface area contributed by atoms with Crippen LogP contribution in [0.2, 0.25) is 0 Å². The SMILES string of the molecule is CN1CCC(N(C)C(=O)NC(CCC(=O)O)C(=O)O)CC1. The van der Waals surface area contributed by atoms with E-state index in [9.17, 15) is 14.4 Å². The molecule has 1 atom stereocenters. The molecule has 0 radical (unpaired) electrons. The molecule has 0 aromatic carbocycles. The van der Waals surface area contributed by atoms with Crippen LogP contribution in [-0.2, 0) is 9.59 Å². The van der Waals surface area contributed by atoms with Gasteiger partial charge in [-0.2, -0.15) is 0 Å². The van der Waals surface area contributed by atoms with E-state index in [1.54, 1.807) is 7.05 Å². The first-order valence-corrected chi connectivity index (χ1v) is 6.97. The quantitative estimate of drug-likeness (QED) is 0.639. The van der Waals surface area contributed by atoms with Gasteiger partial charge in [0.1, 0.15) is 6.04 Å². The molecule has 1 aliphatic heterocycles. The lowest BCUT2D eigenvalue weighted by molar-refractivity contribution is -0.140. The monoisotopic (exact) mass is 301 g/mol. The van der Waals surface area contributed by atoms with Crippen molar-refractivity contribution in [3.05, 3.63) is 0 Å². The Morgan fingerprint density at radius 3 is 2.33 bits per heavy atom. The van der Waals surface area contributed by atoms with E-state index in [0.717, 1.165) is 25.9 Å². The highest BCUT2D eigenvalue weighted by Gasteiger charge is 2.27. The molecule has 1 fully saturated rings. The fourth-order valence-corrected chi connectivity index (χ4v) is 2.32. The van der Waals surface area contributed by atoms with Gasteiger partial charge >= 0.3 is 18.0 Å². The smallest absolute Gasteiger partial charge is 0.326 e. The van der Waals surface area contributed by atoms with Crippen molar-refractivity contribution in [2.24, 2.45) is 0 Å². The van der Waals surface area contributed by atoms with Crippen molar-refractivity contribution in [2.75, 3.05) is 27.2 Å². The standard InChI is InChI=1S/C13H23N3O5/c1-15-7-5-9(6-8-15)16(2)13(21)14-10(12(19)20)3-4-11(17)18/h9-10H,3-8H2,1-2H3,(H,14,21)(H,17,18)(H,19,20). The summed E-state index contributed by atoms with van der Waals surface area (Å²) in [5, 5.41) is 20.0. The maximum atomic E-state index is 12.1. The molecule has 21 heavy (non-hydrogen) atoms. The number of hydrogen-bond donors (Lipinski definition) is 3. The molecule has 1 aliphatic rings. The highest BCUT2D eigenvalue weighted by Crippen LogP contribution is 2.14. The number of aliphatic carboxylic acids is 2. The van der Waals surface area contributed by atoms with Crippen molar-refractivity contribution in [3.63, 3.8) is 0 Å². The highest BCUT2D eigenvalue weighted by molar-refractivity contribution is 5.83. The number of rotatable bonds is 6. The van der Waals surface area contributed by atoms with Crippen LogP contribution in [-0.4, -0.2) is 77.3 Å². The number of carbonyl (C=O) groups excluding carboxylic acids is 1. The van der Waals surface area contributed by atoms with Crippen molar-refractivity contribution >= 4 is 18.0 Å². The average Bonchev–Trinajstić information content (AvgIpc) is 2.42. The van der Waals surface area contributed by atoms with Gasteiger partial charge in [-0.05, 0) is 39.4 Å². The molecule has 8 nitrogen and oxygen atoms in total. The molecule has 0 saturated carbocycles. The number of carboxylic acid groups (broad SMARTS) is 2. The van der Waals surface area contributed by atoms with E-state index in [0.29, 0.717) is 0 Å². The van der Waals surface area contributed by atoms with Crippen LogP contribution < -0.4 is 5.32 Å². The van der Waals surface area contributed by atoms with Crippen LogP contribution in [0.5, 0.6) is 0 Å². The maximum absolute atomic E-state index is 12.1. The van der Waals surface area contributed by atoms with Crippen molar-refractivity contribution in [3.8, 4) is 0 Å². The number of hydrogen-bond acceptors (Lipinski definition) is 4. The number of nitrogens with zero attached hydrogens (tertiary/aromatic N) is 2. The van der Waals surface area contributed by atoms with Crippen LogP contribution in [0.15, 0.2) is 0 Å². The second-order valence-electron chi connectivity index (χ2n) is 5.42. The number of amides is 2. The fourth-order valence-electron chi connectivity index (χ4n) is 2.32. The van der Waals surface area contributed by atoms with E-state index in [1.165, 1.54) is 4.90 Å². The predicted molar refractivity (Wildman–Crippen MR) is 75.1 cm³/mol. The lowest BCUT2D eigenvalue weighted by atomic mass is 10.0. The molecule has 1 unspecified atom stereocenters. The summed E-state index contributed by atoms with van der Waals surface area (Å²) in [4.78, 5) is 37.3. The number of carbonyl (C=O) groups is 3. The van der Waals surface area contributed by atoms with E-state index >= 15 is 0 Å². The number of carboxylic acids is 2. The normalized spacial score (nSPS) is 18.0. The number of piperidine rings is 1. The Morgan fingerprint density at radius 2 is 1.86 bits per heavy atom. The zero-order valence-electron chi connectivity index (χ0n) is 12.4. The summed E-state index contributed by atoms with van der Waals surface area (Å²) in [6.45, 7) is 1.79. The third-order valence-electron chi connectivity index (χ3n) is 3.80. The van der Waals surface area contributed by atoms with E-state index in [4.69, 9.17) is 10.2 Å². The van der Waals surface area contributed by atoms with Gasteiger partial charge in [0.25, 0.3) is 0 Å². The second kappa shape index (κ2) is 7.82. The molecule has 2 amide bonds. The minimum atomic E-state index is -1.22. The maximum Gasteiger partial charge on any atom is 0.326 e. The van der Waals surface area contributed by atoms with E-state index < -0.39 is 24.0 Å². The van der Waals surface area contributed by atoms with Gasteiger partial charge in [0.2, 0.25) is 0 Å². The van der Waals surface area contributed by atoms with E-state index in [1.807, 2.05) is 7.05 Å². The Morgan fingerprint density at radius 1 is 1.29 bits per heavy atom. The molecule has 0 aromatic rings. The molecule has 1 rings (SSSR count). The summed E-state index contributed by atoms with van der Waals surface area (Å²) in [7, 11) is 3.66. The Kier molecular flexibility index (Phi) is 6.41. The van der Waals surface area contributed by atoms with Gasteiger partial charge in [0.05, 0.1) is 0 Å². The van der Waals surface area contributed by atoms with E-state index in [2.05, 4.69) is 10.2 Å². The number of urea groups is 1. The molecule has 120 valence electrons. The molecule has 1 saturated heterocycles. The molecular formula is C13H23N3O5. The van der Waals surface area contributed by atoms with Crippen LogP contribution in [0, 0.1) is 0 Å². The lowest BCUT2D eigenvalue weighted by Crippen LogP contribution is -2.52. The molecule has 0 aromatic heterocycles. The zero-order valence-corrected chi connectivity index (χ0v) is 12.4. The molecule has 0 spiro atoms. The van der Waals surface area contributed by atoms with Gasteiger partial charge in [-0.25, -0.2) is 9.59 Å². The van der Waals surface area contributed by atoms with Crippen molar-refractivity contribution in [2.45, 2.75) is 37.8 Å². The Balaban J connectivity index is 2.51. The minimum absolute atomic E-state index is 0.0788. The highest BCUT2D eigenvalue weighted by atomic mass is 16.4. The summed E-state index contributed by atoms with van der Waals surface area (Å²) < 4.78 is 0. The summed E-state index contributed by atoms with van der Waals surface area (Å²) in [6, 6.07) is -1.57. The summed E-state index contributed by atoms with van der Waals surface area (Å²) in [5.74, 6) is -2.31. The fraction of sp³-hybridized carbons (Fsp3) is 0.769. The zero-order chi connectivity index (χ0) is 16.0. The van der Waals surface area contributed by atoms with Crippen LogP contribution in [0.1, 0.15) is 25.7 Å².